The van der Waals surface area contributed by atoms with Gasteiger partial charge in [0.15, 0.2) is 17.7 Å². The van der Waals surface area contributed by atoms with Crippen molar-refractivity contribution in [1.82, 2.24) is 19.5 Å². The highest BCUT2D eigenvalue weighted by molar-refractivity contribution is 7.47. The van der Waals surface area contributed by atoms with E-state index in [1.807, 2.05) is 0 Å². The summed E-state index contributed by atoms with van der Waals surface area (Å²) in [4.78, 5) is 22.0. The molecule has 1 saturated heterocycles. The predicted molar refractivity (Wildman–Crippen MR) is 117 cm³/mol. The molecule has 1 unspecified atom stereocenters. The van der Waals surface area contributed by atoms with E-state index in [0.29, 0.717) is 11.9 Å². The van der Waals surface area contributed by atoms with Gasteiger partial charge in [-0.25, -0.2) is 19.5 Å². The summed E-state index contributed by atoms with van der Waals surface area (Å²) in [5, 5.41) is 30.1. The zero-order chi connectivity index (χ0) is 24.5. The topological polar surface area (TPSA) is 221 Å². The van der Waals surface area contributed by atoms with Crippen LogP contribution >= 0.6 is 7.82 Å². The minimum atomic E-state index is -4.53. The molecule has 3 aromatic rings. The van der Waals surface area contributed by atoms with Crippen LogP contribution in [0.2, 0.25) is 0 Å². The molecule has 4 rings (SSSR count). The molecule has 184 valence electrons. The van der Waals surface area contributed by atoms with Gasteiger partial charge in [-0.1, -0.05) is 12.1 Å². The van der Waals surface area contributed by atoms with Gasteiger partial charge in [0.05, 0.1) is 19.5 Å². The number of hydrogen-bond acceptors (Lipinski definition) is 12. The number of anilines is 1. The second kappa shape index (κ2) is 9.90. The van der Waals surface area contributed by atoms with Crippen LogP contribution in [0.1, 0.15) is 11.8 Å². The van der Waals surface area contributed by atoms with Crippen molar-refractivity contribution in [3.8, 4) is 5.75 Å². The van der Waals surface area contributed by atoms with E-state index in [-0.39, 0.29) is 23.8 Å². The Hall–Kier alpha value is -2.68. The standard InChI is InChI=1S/C19H25N6O8P/c20-11(5-10-1-3-12(26)4-2-10)6-31-34(29,30)32-7-13-15(27)16(28)19(33-13)25-9-24-14-17(21)22-8-23-18(14)25/h1-4,8-9,11,13,15-16,19,26-28H,5-7,20H2,(H,29,30)(H2,21,22,23)/t11-,13+,15+,16+,19+/m0/s1. The van der Waals surface area contributed by atoms with Crippen LogP contribution in [0.3, 0.4) is 0 Å². The maximum Gasteiger partial charge on any atom is 0.472 e. The lowest BCUT2D eigenvalue weighted by Gasteiger charge is -2.19. The second-order valence-corrected chi connectivity index (χ2v) is 9.27. The lowest BCUT2D eigenvalue weighted by atomic mass is 10.1. The van der Waals surface area contributed by atoms with E-state index < -0.39 is 45.0 Å². The van der Waals surface area contributed by atoms with Gasteiger partial charge in [0.1, 0.15) is 35.9 Å². The number of nitrogens with two attached hydrogens (primary N) is 2. The highest BCUT2D eigenvalue weighted by Gasteiger charge is 2.45. The molecule has 8 N–H and O–H groups in total. The fourth-order valence-corrected chi connectivity index (χ4v) is 4.33. The van der Waals surface area contributed by atoms with Gasteiger partial charge in [-0.2, -0.15) is 0 Å². The van der Waals surface area contributed by atoms with Crippen molar-refractivity contribution >= 4 is 24.8 Å². The van der Waals surface area contributed by atoms with Crippen molar-refractivity contribution in [2.75, 3.05) is 18.9 Å². The van der Waals surface area contributed by atoms with E-state index in [0.717, 1.165) is 5.56 Å². The van der Waals surface area contributed by atoms with Gasteiger partial charge in [-0.15, -0.1) is 0 Å². The predicted octanol–water partition coefficient (Wildman–Crippen LogP) is -0.563. The third kappa shape index (κ3) is 5.35. The summed E-state index contributed by atoms with van der Waals surface area (Å²) in [6.45, 7) is -0.824. The molecular formula is C19H25N6O8P. The van der Waals surface area contributed by atoms with Gasteiger partial charge < -0.3 is 36.4 Å². The molecule has 0 saturated carbocycles. The van der Waals surface area contributed by atoms with Gasteiger partial charge in [0.25, 0.3) is 0 Å². The number of phenols is 1. The smallest absolute Gasteiger partial charge is 0.472 e. The fourth-order valence-electron chi connectivity index (χ4n) is 3.54. The first-order valence-corrected chi connectivity index (χ1v) is 11.7. The average molecular weight is 496 g/mol. The lowest BCUT2D eigenvalue weighted by molar-refractivity contribution is -0.0515. The highest BCUT2D eigenvalue weighted by atomic mass is 31.2. The number of nitrogen functional groups attached to an aromatic ring is 1. The molecule has 34 heavy (non-hydrogen) atoms. The van der Waals surface area contributed by atoms with Gasteiger partial charge in [0.2, 0.25) is 0 Å². The Labute approximate surface area is 193 Å². The summed E-state index contributed by atoms with van der Waals surface area (Å²) in [6.07, 6.45) is -2.19. The van der Waals surface area contributed by atoms with Crippen LogP contribution in [0.25, 0.3) is 11.2 Å². The van der Waals surface area contributed by atoms with Crippen LogP contribution in [0.4, 0.5) is 5.82 Å². The molecule has 14 nitrogen and oxygen atoms in total. The number of phosphoric ester groups is 1. The second-order valence-electron chi connectivity index (χ2n) is 7.82. The van der Waals surface area contributed by atoms with Crippen molar-refractivity contribution in [3.05, 3.63) is 42.5 Å². The Bertz CT molecular complexity index is 1180. The van der Waals surface area contributed by atoms with E-state index in [1.54, 1.807) is 12.1 Å². The number of aliphatic hydroxyl groups is 2. The van der Waals surface area contributed by atoms with Crippen molar-refractivity contribution in [1.29, 1.82) is 0 Å². The summed E-state index contributed by atoms with van der Waals surface area (Å²) >= 11 is 0. The first kappa shape index (κ1) is 24.4. The number of fused-ring (bicyclic) bond motifs is 1. The van der Waals surface area contributed by atoms with Gasteiger partial charge in [-0.05, 0) is 24.1 Å². The summed E-state index contributed by atoms with van der Waals surface area (Å²) in [6, 6.07) is 5.75. The molecule has 2 aromatic heterocycles. The summed E-state index contributed by atoms with van der Waals surface area (Å²) < 4.78 is 29.2. The average Bonchev–Trinajstić information content (AvgIpc) is 3.35. The maximum atomic E-state index is 12.3. The summed E-state index contributed by atoms with van der Waals surface area (Å²) in [5.74, 6) is 0.253. The Morgan fingerprint density at radius 3 is 2.62 bits per heavy atom. The quantitative estimate of drug-likeness (QED) is 0.205. The number of ether oxygens (including phenoxy) is 1. The summed E-state index contributed by atoms with van der Waals surface area (Å²) in [5.41, 5.74) is 13.1. The number of hydrogen-bond donors (Lipinski definition) is 6. The van der Waals surface area contributed by atoms with E-state index in [1.165, 1.54) is 29.4 Å². The largest absolute Gasteiger partial charge is 0.508 e. The van der Waals surface area contributed by atoms with Crippen molar-refractivity contribution in [2.24, 2.45) is 5.73 Å². The van der Waals surface area contributed by atoms with Crippen molar-refractivity contribution in [2.45, 2.75) is 37.0 Å². The number of nitrogens with zero attached hydrogens (tertiary/aromatic N) is 4. The minimum absolute atomic E-state index is 0.115. The number of rotatable bonds is 9. The number of imidazole rings is 1. The molecular weight excluding hydrogens is 471 g/mol. The molecule has 1 fully saturated rings. The Balaban J connectivity index is 1.32. The fraction of sp³-hybridized carbons (Fsp3) is 0.421. The van der Waals surface area contributed by atoms with Gasteiger partial charge in [-0.3, -0.25) is 13.6 Å². The van der Waals surface area contributed by atoms with Crippen molar-refractivity contribution < 1.29 is 38.6 Å². The zero-order valence-corrected chi connectivity index (χ0v) is 18.7. The van der Waals surface area contributed by atoms with Crippen LogP contribution in [0.15, 0.2) is 36.9 Å². The molecule has 0 radical (unpaired) electrons. The van der Waals surface area contributed by atoms with E-state index in [9.17, 15) is 24.8 Å². The SMILES string of the molecule is Nc1ncnc2c1ncn2[C@@H]1O[C@H](COP(=O)(O)OC[C@@H](N)Cc2ccc(O)cc2)[C@@H](O)[C@H]1O. The van der Waals surface area contributed by atoms with Crippen LogP contribution < -0.4 is 11.5 Å². The van der Waals surface area contributed by atoms with E-state index >= 15 is 0 Å². The molecule has 1 aliphatic rings. The lowest BCUT2D eigenvalue weighted by Crippen LogP contribution is -2.34. The number of aromatic hydroxyl groups is 1. The first-order chi connectivity index (χ1) is 16.1. The molecule has 15 heteroatoms. The highest BCUT2D eigenvalue weighted by Crippen LogP contribution is 2.44. The molecule has 0 aliphatic carbocycles. The number of aliphatic hydroxyl groups excluding tert-OH is 2. The maximum absolute atomic E-state index is 12.3. The van der Waals surface area contributed by atoms with Crippen LogP contribution in [-0.2, 0) is 24.8 Å². The zero-order valence-electron chi connectivity index (χ0n) is 17.8. The summed E-state index contributed by atoms with van der Waals surface area (Å²) in [7, 11) is -4.53. The Kier molecular flexibility index (Phi) is 7.12. The third-order valence-electron chi connectivity index (χ3n) is 5.29. The molecule has 3 heterocycles. The molecule has 1 aliphatic heterocycles. The number of phosphoric acid groups is 1. The van der Waals surface area contributed by atoms with Gasteiger partial charge >= 0.3 is 7.82 Å². The molecule has 0 spiro atoms. The Morgan fingerprint density at radius 2 is 1.88 bits per heavy atom. The monoisotopic (exact) mass is 496 g/mol. The third-order valence-corrected chi connectivity index (χ3v) is 6.24. The van der Waals surface area contributed by atoms with E-state index in [2.05, 4.69) is 15.0 Å². The number of phenolic OH excluding ortho intramolecular Hbond substituents is 1. The van der Waals surface area contributed by atoms with Gasteiger partial charge in [0, 0.05) is 6.04 Å². The minimum Gasteiger partial charge on any atom is -0.508 e. The Morgan fingerprint density at radius 1 is 1.15 bits per heavy atom. The van der Waals surface area contributed by atoms with Crippen LogP contribution in [0, 0.1) is 0 Å². The molecule has 0 amide bonds. The van der Waals surface area contributed by atoms with E-state index in [4.69, 9.17) is 25.3 Å². The first-order valence-electron chi connectivity index (χ1n) is 10.2. The van der Waals surface area contributed by atoms with Crippen LogP contribution in [-0.4, -0.2) is 77.3 Å². The van der Waals surface area contributed by atoms with Crippen LogP contribution in [0.5, 0.6) is 5.75 Å². The number of benzene rings is 1. The number of aromatic nitrogens is 4. The molecule has 1 aromatic carbocycles. The normalized spacial score (nSPS) is 25.4. The molecule has 0 bridgehead atoms. The van der Waals surface area contributed by atoms with Crippen molar-refractivity contribution in [3.63, 3.8) is 0 Å². The molecule has 6 atom stereocenters.